The van der Waals surface area contributed by atoms with E-state index in [9.17, 15) is 28.8 Å². The molecule has 0 bridgehead atoms. The summed E-state index contributed by atoms with van der Waals surface area (Å²) in [7, 11) is 0. The Bertz CT molecular complexity index is 3850. The highest BCUT2D eigenvalue weighted by atomic mass is 16.2. The van der Waals surface area contributed by atoms with Crippen molar-refractivity contribution in [3.63, 3.8) is 0 Å². The maximum absolute atomic E-state index is 13.5. The minimum absolute atomic E-state index is 0.0785. The molecule has 6 aromatic rings. The Morgan fingerprint density at radius 1 is 0.631 bits per heavy atom. The molecule has 1 fully saturated rings. The molecular weight excluding hydrogens is 1070 g/mol. The van der Waals surface area contributed by atoms with Gasteiger partial charge in [-0.1, -0.05) is 45.4 Å². The summed E-state index contributed by atoms with van der Waals surface area (Å²) in [5, 5.41) is 18.2. The third kappa shape index (κ3) is 11.1. The predicted molar refractivity (Wildman–Crippen MR) is 324 cm³/mol. The number of hydrogen-bond acceptors (Lipinski definition) is 18. The molecule has 0 aromatic carbocycles. The van der Waals surface area contributed by atoms with Crippen LogP contribution in [0.1, 0.15) is 129 Å². The van der Waals surface area contributed by atoms with Crippen LogP contribution in [-0.4, -0.2) is 61.8 Å². The monoisotopic (exact) mass is 1140 g/mol. The van der Waals surface area contributed by atoms with E-state index >= 15 is 0 Å². The molecule has 2 aliphatic heterocycles. The molecule has 1 saturated carbocycles. The summed E-state index contributed by atoms with van der Waals surface area (Å²) in [6.45, 7) is 17.6. The minimum atomic E-state index is -0.900. The molecular formula is C60H74N18O6. The number of pyridine rings is 3. The molecule has 3 amide bonds. The Hall–Kier alpha value is -9.48. The number of rotatable bonds is 11. The number of hydrogen-bond donors (Lipinski definition) is 9. The van der Waals surface area contributed by atoms with Gasteiger partial charge in [-0.3, -0.25) is 42.5 Å². The van der Waals surface area contributed by atoms with Crippen LogP contribution in [0.3, 0.4) is 0 Å². The predicted octanol–water partition coefficient (Wildman–Crippen LogP) is 7.08. The Morgan fingerprint density at radius 2 is 1.13 bits per heavy atom. The van der Waals surface area contributed by atoms with Gasteiger partial charge in [-0.15, -0.1) is 0 Å². The Balaban J connectivity index is 0.000000149. The van der Waals surface area contributed by atoms with Gasteiger partial charge in [0.1, 0.15) is 99.3 Å². The van der Waals surface area contributed by atoms with E-state index in [-0.39, 0.29) is 40.3 Å². The molecule has 440 valence electrons. The normalized spacial score (nSPS) is 23.1. The van der Waals surface area contributed by atoms with E-state index in [1.807, 2.05) is 79.7 Å². The second kappa shape index (κ2) is 23.8. The molecule has 6 unspecified atom stereocenters. The van der Waals surface area contributed by atoms with Crippen LogP contribution in [0, 0.1) is 51.4 Å². The van der Waals surface area contributed by atoms with E-state index in [4.69, 9.17) is 17.2 Å². The zero-order chi connectivity index (χ0) is 60.4. The lowest BCUT2D eigenvalue weighted by molar-refractivity contribution is -0.112. The zero-order valence-corrected chi connectivity index (χ0v) is 48.8. The minimum Gasteiger partial charge on any atom is -0.384 e. The number of nitrogens with one attached hydrogen (secondary N) is 6. The number of carbonyl (C=O) groups is 3. The molecule has 6 aliphatic rings. The number of nitrogens with zero attached hydrogens (tertiary/aromatic N) is 9. The van der Waals surface area contributed by atoms with Gasteiger partial charge in [0.05, 0.1) is 0 Å². The highest BCUT2D eigenvalue weighted by Crippen LogP contribution is 2.47. The smallest absolute Gasteiger partial charge is 0.277 e. The number of anilines is 9. The van der Waals surface area contributed by atoms with E-state index in [0.29, 0.717) is 87.2 Å². The average molecular weight is 1140 g/mol. The summed E-state index contributed by atoms with van der Waals surface area (Å²) in [4.78, 5) is 101. The number of aromatic nitrogens is 9. The molecule has 12 N–H and O–H groups in total. The van der Waals surface area contributed by atoms with Crippen LogP contribution in [0.15, 0.2) is 106 Å². The molecule has 0 saturated heterocycles. The van der Waals surface area contributed by atoms with Crippen molar-refractivity contribution < 1.29 is 14.4 Å². The number of fused-ring (bicyclic) bond motifs is 4. The summed E-state index contributed by atoms with van der Waals surface area (Å²) < 4.78 is 4.90. The van der Waals surface area contributed by atoms with E-state index < -0.39 is 17.0 Å². The maximum Gasteiger partial charge on any atom is 0.277 e. The van der Waals surface area contributed by atoms with Gasteiger partial charge in [-0.2, -0.15) is 0 Å². The quantitative estimate of drug-likeness (QED) is 0.0462. The van der Waals surface area contributed by atoms with Crippen molar-refractivity contribution in [1.29, 1.82) is 0 Å². The molecule has 8 heterocycles. The topological polar surface area (TPSA) is 345 Å². The first-order chi connectivity index (χ1) is 40.2. The fourth-order valence-electron chi connectivity index (χ4n) is 12.5. The molecule has 6 aromatic heterocycles. The molecule has 4 aliphatic carbocycles. The largest absolute Gasteiger partial charge is 0.384 e. The molecule has 2 spiro atoms. The zero-order valence-electron chi connectivity index (χ0n) is 48.8. The number of nitrogens with two attached hydrogens (primary N) is 3. The second-order valence-corrected chi connectivity index (χ2v) is 22.2. The maximum atomic E-state index is 13.5. The highest BCUT2D eigenvalue weighted by Gasteiger charge is 2.51. The first-order valence-corrected chi connectivity index (χ1v) is 28.4. The summed E-state index contributed by atoms with van der Waals surface area (Å²) in [6, 6.07) is 9.82. The van der Waals surface area contributed by atoms with Crippen molar-refractivity contribution in [2.24, 2.45) is 23.7 Å². The number of allylic oxidation sites excluding steroid dienone is 3. The van der Waals surface area contributed by atoms with Crippen LogP contribution in [0.2, 0.25) is 0 Å². The standard InChI is InChI=1S/C20H22N6O2.C20H26N6O2.C18H20N6O2.C2H6/c1-11-7-14(24-16-8-15(21)22-10-23-16)19(28)26-17(11)18(27)25-20(26)6-2-3-13(9-20)12-4-5-12;1-4-15-7-5-6-8-20(15,24-12-27)26-14(3)13(2)9-16(19(26)28)25-18-10-17(21)22-11-23-18;1-9-4-11(3)18(7-9)23-16(25)15-10(2)5-12(17(26)24(15)18)22-14-6-13(19)20-8-21-14;1-2/h2,6-8,10,12-13H,3-5,9H2,1H3,(H,25,27)(H3,21,22,23,24);6,8-12,15H,4-5,7H2,1-3H3,(H,24,27)(H3,21,22,23,25);5-8,11H,4H2,1-3H3,(H,23,25)(H3,19,20,21,22);1-2H3. The van der Waals surface area contributed by atoms with Crippen molar-refractivity contribution in [3.05, 3.63) is 156 Å². The number of carbonyl (C=O) groups excluding carboxylic acids is 3. The third-order valence-electron chi connectivity index (χ3n) is 16.5. The molecule has 6 atom stereocenters. The Morgan fingerprint density at radius 3 is 1.62 bits per heavy atom. The molecule has 0 radical (unpaired) electrons. The van der Waals surface area contributed by atoms with Gasteiger partial charge in [0.15, 0.2) is 0 Å². The summed E-state index contributed by atoms with van der Waals surface area (Å²) in [6.07, 6.45) is 22.4. The summed E-state index contributed by atoms with van der Waals surface area (Å²) >= 11 is 0. The van der Waals surface area contributed by atoms with Gasteiger partial charge in [0, 0.05) is 35.7 Å². The van der Waals surface area contributed by atoms with Gasteiger partial charge in [-0.25, -0.2) is 29.9 Å². The lowest BCUT2D eigenvalue weighted by Gasteiger charge is -2.43. The lowest BCUT2D eigenvalue weighted by Crippen LogP contribution is -2.57. The highest BCUT2D eigenvalue weighted by molar-refractivity contribution is 5.98. The van der Waals surface area contributed by atoms with Crippen LogP contribution in [0.25, 0.3) is 0 Å². The van der Waals surface area contributed by atoms with Crippen LogP contribution >= 0.6 is 0 Å². The number of nitrogen functional groups attached to an aromatic ring is 3. The van der Waals surface area contributed by atoms with Crippen LogP contribution < -0.4 is 65.8 Å². The van der Waals surface area contributed by atoms with Crippen LogP contribution in [0.4, 0.5) is 52.0 Å². The molecule has 12 rings (SSSR count). The van der Waals surface area contributed by atoms with Crippen molar-refractivity contribution in [2.75, 3.05) is 33.2 Å². The van der Waals surface area contributed by atoms with Crippen molar-refractivity contribution in [1.82, 2.24) is 59.6 Å². The van der Waals surface area contributed by atoms with E-state index in [2.05, 4.69) is 74.8 Å². The Labute approximate surface area is 486 Å². The van der Waals surface area contributed by atoms with Crippen LogP contribution in [-0.2, 0) is 21.8 Å². The summed E-state index contributed by atoms with van der Waals surface area (Å²) in [5.74, 6) is 3.15. The number of amides is 3. The van der Waals surface area contributed by atoms with E-state index in [0.717, 1.165) is 60.9 Å². The van der Waals surface area contributed by atoms with Gasteiger partial charge < -0.3 is 49.1 Å². The van der Waals surface area contributed by atoms with Crippen molar-refractivity contribution in [3.8, 4) is 0 Å². The Kier molecular flexibility index (Phi) is 16.7. The lowest BCUT2D eigenvalue weighted by atomic mass is 9.81. The SMILES string of the molecule is CC.CC1=CC2(NC(=O)c3c(C)cc(Nc4cc(N)ncn4)c(=O)n32)C(C)C1.CCC1CCC=CC1(NC=O)n1c(C)c(C)cc(Nc2cc(N)ncn2)c1=O.Cc1cc(Nc2cc(N)ncn2)c(=O)n2c1C(=O)NC21C=CCC(C2CC2)C1. The first-order valence-electron chi connectivity index (χ1n) is 28.4. The fraction of sp³-hybridized carbons (Fsp3) is 0.400. The van der Waals surface area contributed by atoms with Gasteiger partial charge in [0.2, 0.25) is 6.41 Å². The summed E-state index contributed by atoms with van der Waals surface area (Å²) in [5.41, 5.74) is 20.1. The average Bonchev–Trinajstić information content (AvgIpc) is 1.90. The third-order valence-corrected chi connectivity index (χ3v) is 16.5. The van der Waals surface area contributed by atoms with E-state index in [1.165, 1.54) is 31.8 Å². The fourth-order valence-corrected chi connectivity index (χ4v) is 12.5. The van der Waals surface area contributed by atoms with Crippen LogP contribution in [0.5, 0.6) is 0 Å². The van der Waals surface area contributed by atoms with Crippen molar-refractivity contribution >= 4 is 70.2 Å². The second-order valence-electron chi connectivity index (χ2n) is 22.2. The van der Waals surface area contributed by atoms with Gasteiger partial charge in [-0.05, 0) is 151 Å². The van der Waals surface area contributed by atoms with Gasteiger partial charge in [0.25, 0.3) is 28.5 Å². The first kappa shape index (κ1) is 59.2. The van der Waals surface area contributed by atoms with E-state index in [1.54, 1.807) is 50.1 Å². The number of aryl methyl sites for hydroxylation is 3. The molecule has 84 heavy (non-hydrogen) atoms. The van der Waals surface area contributed by atoms with Gasteiger partial charge >= 0.3 is 0 Å². The molecule has 24 nitrogen and oxygen atoms in total. The van der Waals surface area contributed by atoms with Crippen molar-refractivity contribution in [2.45, 2.75) is 131 Å². The molecule has 24 heteroatoms.